The lowest BCUT2D eigenvalue weighted by atomic mass is 10.1. The Hall–Kier alpha value is -1.62. The van der Waals surface area contributed by atoms with Crippen LogP contribution in [0.4, 0.5) is 5.82 Å². The van der Waals surface area contributed by atoms with Crippen molar-refractivity contribution in [3.63, 3.8) is 0 Å². The number of methoxy groups -OCH3 is 1. The highest BCUT2D eigenvalue weighted by molar-refractivity contribution is 9.10. The first-order valence-corrected chi connectivity index (χ1v) is 7.25. The van der Waals surface area contributed by atoms with Gasteiger partial charge in [0.25, 0.3) is 0 Å². The highest BCUT2D eigenvalue weighted by Crippen LogP contribution is 2.27. The molecule has 106 valence electrons. The third-order valence-corrected chi connectivity index (χ3v) is 3.83. The van der Waals surface area contributed by atoms with Crippen LogP contribution in [0.25, 0.3) is 0 Å². The number of benzene rings is 1. The molecule has 1 aromatic heterocycles. The highest BCUT2D eigenvalue weighted by atomic mass is 79.9. The smallest absolute Gasteiger partial charge is 0.141 e. The van der Waals surface area contributed by atoms with Gasteiger partial charge in [0.1, 0.15) is 17.4 Å². The standard InChI is InChI=1S/C15H18BrN3O/c1-9(2)14-13(16)15(17)19-12(18-14)8-10-4-6-11(20-3)7-5-10/h4-7,9H,8H2,1-3H3,(H2,17,18,19). The first-order valence-electron chi connectivity index (χ1n) is 6.46. The van der Waals surface area contributed by atoms with Crippen molar-refractivity contribution >= 4 is 21.7 Å². The van der Waals surface area contributed by atoms with Crippen molar-refractivity contribution in [3.8, 4) is 5.75 Å². The SMILES string of the molecule is COc1ccc(Cc2nc(N)c(Br)c(C(C)C)n2)cc1. The molecule has 0 aliphatic rings. The van der Waals surface area contributed by atoms with Crippen LogP contribution in [0.2, 0.25) is 0 Å². The molecule has 0 amide bonds. The predicted octanol–water partition coefficient (Wildman–Crippen LogP) is 3.54. The van der Waals surface area contributed by atoms with E-state index in [2.05, 4.69) is 39.7 Å². The lowest BCUT2D eigenvalue weighted by molar-refractivity contribution is 0.414. The van der Waals surface area contributed by atoms with Crippen LogP contribution in [0.15, 0.2) is 28.7 Å². The zero-order chi connectivity index (χ0) is 14.7. The van der Waals surface area contributed by atoms with E-state index in [9.17, 15) is 0 Å². The molecule has 0 spiro atoms. The fourth-order valence-electron chi connectivity index (χ4n) is 1.92. The van der Waals surface area contributed by atoms with E-state index < -0.39 is 0 Å². The van der Waals surface area contributed by atoms with Crippen LogP contribution in [0.1, 0.15) is 36.8 Å². The number of hydrogen-bond acceptors (Lipinski definition) is 4. The number of nitrogen functional groups attached to an aromatic ring is 1. The van der Waals surface area contributed by atoms with Crippen LogP contribution < -0.4 is 10.5 Å². The van der Waals surface area contributed by atoms with Gasteiger partial charge < -0.3 is 10.5 Å². The molecule has 0 aliphatic heterocycles. The van der Waals surface area contributed by atoms with Gasteiger partial charge in [0.05, 0.1) is 17.3 Å². The first kappa shape index (κ1) is 14.8. The molecule has 1 aromatic carbocycles. The van der Waals surface area contributed by atoms with Gasteiger partial charge in [-0.15, -0.1) is 0 Å². The van der Waals surface area contributed by atoms with E-state index in [1.165, 1.54) is 0 Å². The minimum atomic E-state index is 0.296. The normalized spacial score (nSPS) is 10.8. The van der Waals surface area contributed by atoms with Gasteiger partial charge in [-0.05, 0) is 39.5 Å². The van der Waals surface area contributed by atoms with Crippen molar-refractivity contribution < 1.29 is 4.74 Å². The van der Waals surface area contributed by atoms with Crippen molar-refractivity contribution in [2.75, 3.05) is 12.8 Å². The number of aromatic nitrogens is 2. The second kappa shape index (κ2) is 6.22. The van der Waals surface area contributed by atoms with Crippen molar-refractivity contribution in [2.45, 2.75) is 26.2 Å². The van der Waals surface area contributed by atoms with E-state index >= 15 is 0 Å². The number of hydrogen-bond donors (Lipinski definition) is 1. The fourth-order valence-corrected chi connectivity index (χ4v) is 2.56. The quantitative estimate of drug-likeness (QED) is 0.928. The molecule has 2 N–H and O–H groups in total. The van der Waals surface area contributed by atoms with Gasteiger partial charge in [-0.25, -0.2) is 9.97 Å². The molecule has 20 heavy (non-hydrogen) atoms. The summed E-state index contributed by atoms with van der Waals surface area (Å²) in [6.45, 7) is 4.17. The summed E-state index contributed by atoms with van der Waals surface area (Å²) in [4.78, 5) is 8.94. The maximum atomic E-state index is 5.94. The largest absolute Gasteiger partial charge is 0.497 e. The molecule has 2 rings (SSSR count). The second-order valence-electron chi connectivity index (χ2n) is 4.90. The number of nitrogens with zero attached hydrogens (tertiary/aromatic N) is 2. The molecule has 4 nitrogen and oxygen atoms in total. The maximum Gasteiger partial charge on any atom is 0.141 e. The Bertz CT molecular complexity index is 597. The average molecular weight is 336 g/mol. The first-order chi connectivity index (χ1) is 9.51. The van der Waals surface area contributed by atoms with Crippen molar-refractivity contribution in [1.82, 2.24) is 9.97 Å². The zero-order valence-electron chi connectivity index (χ0n) is 11.9. The molecular formula is C15H18BrN3O. The fraction of sp³-hybridized carbons (Fsp3) is 0.333. The molecule has 0 saturated carbocycles. The van der Waals surface area contributed by atoms with Gasteiger partial charge in [-0.2, -0.15) is 0 Å². The van der Waals surface area contributed by atoms with Gasteiger partial charge in [0.15, 0.2) is 0 Å². The van der Waals surface area contributed by atoms with Gasteiger partial charge in [0.2, 0.25) is 0 Å². The van der Waals surface area contributed by atoms with Crippen LogP contribution in [-0.4, -0.2) is 17.1 Å². The number of ether oxygens (including phenoxy) is 1. The van der Waals surface area contributed by atoms with Crippen molar-refractivity contribution in [3.05, 3.63) is 45.8 Å². The Kier molecular flexibility index (Phi) is 4.60. The van der Waals surface area contributed by atoms with E-state index in [4.69, 9.17) is 10.5 Å². The van der Waals surface area contributed by atoms with Crippen LogP contribution in [0.5, 0.6) is 5.75 Å². The molecule has 0 unspecified atom stereocenters. The number of anilines is 1. The Morgan fingerprint density at radius 3 is 2.40 bits per heavy atom. The molecule has 0 bridgehead atoms. The summed E-state index contributed by atoms with van der Waals surface area (Å²) in [5.74, 6) is 2.36. The second-order valence-corrected chi connectivity index (χ2v) is 5.70. The summed E-state index contributed by atoms with van der Waals surface area (Å²) in [5, 5.41) is 0. The molecule has 5 heteroatoms. The highest BCUT2D eigenvalue weighted by Gasteiger charge is 2.13. The topological polar surface area (TPSA) is 61.0 Å². The lowest BCUT2D eigenvalue weighted by Crippen LogP contribution is -2.07. The summed E-state index contributed by atoms with van der Waals surface area (Å²) in [6, 6.07) is 7.88. The summed E-state index contributed by atoms with van der Waals surface area (Å²) >= 11 is 3.45. The number of nitrogens with two attached hydrogens (primary N) is 1. The lowest BCUT2D eigenvalue weighted by Gasteiger charge is -2.11. The van der Waals surface area contributed by atoms with Gasteiger partial charge in [-0.1, -0.05) is 26.0 Å². The molecule has 2 aromatic rings. The van der Waals surface area contributed by atoms with Gasteiger partial charge in [0, 0.05) is 6.42 Å². The Balaban J connectivity index is 2.28. The molecule has 0 fully saturated rings. The van der Waals surface area contributed by atoms with Crippen molar-refractivity contribution in [1.29, 1.82) is 0 Å². The monoisotopic (exact) mass is 335 g/mol. The Morgan fingerprint density at radius 2 is 1.85 bits per heavy atom. The molecular weight excluding hydrogens is 318 g/mol. The third kappa shape index (κ3) is 3.28. The molecule has 0 saturated heterocycles. The van der Waals surface area contributed by atoms with Crippen molar-refractivity contribution in [2.24, 2.45) is 0 Å². The predicted molar refractivity (Wildman–Crippen MR) is 84.0 cm³/mol. The third-order valence-electron chi connectivity index (χ3n) is 3.02. The van der Waals surface area contributed by atoms with Crippen LogP contribution in [0, 0.1) is 0 Å². The Morgan fingerprint density at radius 1 is 1.20 bits per heavy atom. The van der Waals surface area contributed by atoms with E-state index in [0.717, 1.165) is 27.3 Å². The van der Waals surface area contributed by atoms with E-state index in [1.807, 2.05) is 24.3 Å². The summed E-state index contributed by atoms with van der Waals surface area (Å²) in [7, 11) is 1.66. The molecule has 0 atom stereocenters. The molecule has 1 heterocycles. The van der Waals surface area contributed by atoms with Crippen LogP contribution in [-0.2, 0) is 6.42 Å². The van der Waals surface area contributed by atoms with E-state index in [-0.39, 0.29) is 0 Å². The number of halogens is 1. The Labute approximate surface area is 127 Å². The minimum Gasteiger partial charge on any atom is -0.497 e. The van der Waals surface area contributed by atoms with E-state index in [0.29, 0.717) is 18.2 Å². The summed E-state index contributed by atoms with van der Waals surface area (Å²) in [5.41, 5.74) is 8.01. The maximum absolute atomic E-state index is 5.94. The van der Waals surface area contributed by atoms with Crippen LogP contribution in [0.3, 0.4) is 0 Å². The summed E-state index contributed by atoms with van der Waals surface area (Å²) < 4.78 is 5.94. The summed E-state index contributed by atoms with van der Waals surface area (Å²) in [6.07, 6.45) is 0.654. The van der Waals surface area contributed by atoms with Gasteiger partial charge in [-0.3, -0.25) is 0 Å². The average Bonchev–Trinajstić information content (AvgIpc) is 2.43. The minimum absolute atomic E-state index is 0.296. The molecule has 0 radical (unpaired) electrons. The van der Waals surface area contributed by atoms with E-state index in [1.54, 1.807) is 7.11 Å². The molecule has 0 aliphatic carbocycles. The zero-order valence-corrected chi connectivity index (χ0v) is 13.4. The van der Waals surface area contributed by atoms with Gasteiger partial charge >= 0.3 is 0 Å². The number of rotatable bonds is 4. The van der Waals surface area contributed by atoms with Crippen LogP contribution >= 0.6 is 15.9 Å².